The molecule has 128 valence electrons. The molecule has 0 radical (unpaired) electrons. The average molecular weight is 330 g/mol. The van der Waals surface area contributed by atoms with Gasteiger partial charge in [-0.1, -0.05) is 42.7 Å². The third-order valence-corrected chi connectivity index (χ3v) is 4.54. The molecule has 24 heavy (non-hydrogen) atoms. The molecule has 1 aliphatic carbocycles. The van der Waals surface area contributed by atoms with Gasteiger partial charge >= 0.3 is 11.9 Å². The standard InChI is InChI=1S/C19H22O5/c1-12-6-8-13(9-7-12)10-15(18(21)22)16(19(23)24)11-17(20)14-4-2-3-5-14/h6-10,14,16H,2-5,11H2,1H3,(H,21,22)(H,23,24). The van der Waals surface area contributed by atoms with Crippen LogP contribution in [0.25, 0.3) is 6.08 Å². The summed E-state index contributed by atoms with van der Waals surface area (Å²) in [6, 6.07) is 7.11. The van der Waals surface area contributed by atoms with Crippen LogP contribution in [-0.4, -0.2) is 27.9 Å². The molecule has 1 aromatic rings. The number of hydrogen-bond acceptors (Lipinski definition) is 3. The fourth-order valence-corrected chi connectivity index (χ4v) is 3.10. The molecule has 5 heteroatoms. The maximum atomic E-state index is 12.3. The number of ketones is 1. The predicted octanol–water partition coefficient (Wildman–Crippen LogP) is 3.31. The van der Waals surface area contributed by atoms with Crippen LogP contribution >= 0.6 is 0 Å². The third kappa shape index (κ3) is 4.54. The molecule has 1 fully saturated rings. The van der Waals surface area contributed by atoms with E-state index in [2.05, 4.69) is 0 Å². The van der Waals surface area contributed by atoms with Crippen molar-refractivity contribution in [3.05, 3.63) is 41.0 Å². The smallest absolute Gasteiger partial charge is 0.332 e. The van der Waals surface area contributed by atoms with E-state index in [4.69, 9.17) is 0 Å². The Morgan fingerprint density at radius 2 is 1.71 bits per heavy atom. The number of carboxylic acids is 2. The van der Waals surface area contributed by atoms with E-state index in [1.165, 1.54) is 6.08 Å². The number of aryl methyl sites for hydroxylation is 1. The van der Waals surface area contributed by atoms with E-state index in [1.807, 2.05) is 19.1 Å². The van der Waals surface area contributed by atoms with Gasteiger partial charge in [0.2, 0.25) is 0 Å². The third-order valence-electron chi connectivity index (χ3n) is 4.54. The van der Waals surface area contributed by atoms with E-state index >= 15 is 0 Å². The van der Waals surface area contributed by atoms with Crippen LogP contribution in [0, 0.1) is 18.8 Å². The predicted molar refractivity (Wildman–Crippen MR) is 89.5 cm³/mol. The molecular weight excluding hydrogens is 308 g/mol. The van der Waals surface area contributed by atoms with Gasteiger partial charge in [-0.25, -0.2) is 4.79 Å². The normalized spacial score (nSPS) is 16.8. The summed E-state index contributed by atoms with van der Waals surface area (Å²) in [6.45, 7) is 1.91. The Hall–Kier alpha value is -2.43. The van der Waals surface area contributed by atoms with E-state index < -0.39 is 17.9 Å². The molecular formula is C19H22O5. The maximum absolute atomic E-state index is 12.3. The molecule has 0 amide bonds. The van der Waals surface area contributed by atoms with Crippen molar-refractivity contribution in [1.29, 1.82) is 0 Å². The zero-order valence-electron chi connectivity index (χ0n) is 13.7. The molecule has 2 N–H and O–H groups in total. The van der Waals surface area contributed by atoms with Gasteiger partial charge in [0.25, 0.3) is 0 Å². The van der Waals surface area contributed by atoms with Crippen molar-refractivity contribution in [2.45, 2.75) is 39.0 Å². The summed E-state index contributed by atoms with van der Waals surface area (Å²) >= 11 is 0. The van der Waals surface area contributed by atoms with Gasteiger partial charge in [0.15, 0.2) is 0 Å². The summed E-state index contributed by atoms with van der Waals surface area (Å²) < 4.78 is 0. The van der Waals surface area contributed by atoms with Gasteiger partial charge < -0.3 is 10.2 Å². The molecule has 5 nitrogen and oxygen atoms in total. The van der Waals surface area contributed by atoms with Crippen LogP contribution in [-0.2, 0) is 14.4 Å². The quantitative estimate of drug-likeness (QED) is 0.748. The van der Waals surface area contributed by atoms with E-state index in [0.29, 0.717) is 5.56 Å². The van der Waals surface area contributed by atoms with Crippen LogP contribution in [0.2, 0.25) is 0 Å². The first-order valence-corrected chi connectivity index (χ1v) is 8.15. The van der Waals surface area contributed by atoms with Crippen molar-refractivity contribution in [2.24, 2.45) is 11.8 Å². The molecule has 0 aliphatic heterocycles. The summed E-state index contributed by atoms with van der Waals surface area (Å²) in [5.74, 6) is -4.17. The Balaban J connectivity index is 2.26. The summed E-state index contributed by atoms with van der Waals surface area (Å²) in [6.07, 6.45) is 4.58. The Morgan fingerprint density at radius 1 is 1.12 bits per heavy atom. The molecule has 1 saturated carbocycles. The van der Waals surface area contributed by atoms with Crippen molar-refractivity contribution in [2.75, 3.05) is 0 Å². The van der Waals surface area contributed by atoms with E-state index in [-0.39, 0.29) is 23.7 Å². The van der Waals surface area contributed by atoms with Crippen LogP contribution in [0.4, 0.5) is 0 Å². The van der Waals surface area contributed by atoms with E-state index in [9.17, 15) is 24.6 Å². The molecule has 1 atom stereocenters. The Kier molecular flexibility index (Phi) is 5.90. The highest BCUT2D eigenvalue weighted by Crippen LogP contribution is 2.29. The molecule has 1 aromatic carbocycles. The minimum atomic E-state index is -1.32. The monoisotopic (exact) mass is 330 g/mol. The number of hydrogen-bond donors (Lipinski definition) is 2. The second kappa shape index (κ2) is 7.90. The van der Waals surface area contributed by atoms with Crippen LogP contribution in [0.3, 0.4) is 0 Å². The number of carboxylic acid groups (broad SMARTS) is 2. The lowest BCUT2D eigenvalue weighted by Gasteiger charge is -2.15. The molecule has 0 aromatic heterocycles. The SMILES string of the molecule is Cc1ccc(C=C(C(=O)O)C(CC(=O)C2CCCC2)C(=O)O)cc1. The molecule has 0 heterocycles. The van der Waals surface area contributed by atoms with Crippen LogP contribution in [0.5, 0.6) is 0 Å². The van der Waals surface area contributed by atoms with Gasteiger partial charge in [0, 0.05) is 12.3 Å². The summed E-state index contributed by atoms with van der Waals surface area (Å²) in [4.78, 5) is 35.5. The van der Waals surface area contributed by atoms with Crippen molar-refractivity contribution in [3.8, 4) is 0 Å². The lowest BCUT2D eigenvalue weighted by atomic mass is 9.87. The summed E-state index contributed by atoms with van der Waals surface area (Å²) in [7, 11) is 0. The number of aliphatic carboxylic acids is 2. The number of Topliss-reactive ketones (excluding diaryl/α,β-unsaturated/α-hetero) is 1. The Labute approximate surface area is 141 Å². The van der Waals surface area contributed by atoms with E-state index in [0.717, 1.165) is 31.2 Å². The second-order valence-corrected chi connectivity index (χ2v) is 6.36. The Bertz CT molecular complexity index is 651. The highest BCUT2D eigenvalue weighted by atomic mass is 16.4. The van der Waals surface area contributed by atoms with Crippen LogP contribution < -0.4 is 0 Å². The molecule has 2 rings (SSSR count). The van der Waals surface area contributed by atoms with Gasteiger partial charge in [-0.05, 0) is 31.4 Å². The summed E-state index contributed by atoms with van der Waals surface area (Å²) in [5, 5.41) is 18.9. The van der Waals surface area contributed by atoms with Crippen molar-refractivity contribution >= 4 is 23.8 Å². The minimum Gasteiger partial charge on any atom is -0.481 e. The fraction of sp³-hybridized carbons (Fsp3) is 0.421. The molecule has 0 saturated heterocycles. The highest BCUT2D eigenvalue weighted by Gasteiger charge is 2.33. The Morgan fingerprint density at radius 3 is 2.21 bits per heavy atom. The van der Waals surface area contributed by atoms with Gasteiger partial charge in [0.1, 0.15) is 5.78 Å². The number of rotatable bonds is 7. The van der Waals surface area contributed by atoms with Gasteiger partial charge in [-0.2, -0.15) is 0 Å². The largest absolute Gasteiger partial charge is 0.481 e. The fourth-order valence-electron chi connectivity index (χ4n) is 3.10. The molecule has 1 aliphatic rings. The van der Waals surface area contributed by atoms with E-state index in [1.54, 1.807) is 12.1 Å². The van der Waals surface area contributed by atoms with Crippen molar-refractivity contribution in [1.82, 2.24) is 0 Å². The topological polar surface area (TPSA) is 91.7 Å². The minimum absolute atomic E-state index is 0.124. The number of benzene rings is 1. The van der Waals surface area contributed by atoms with Crippen molar-refractivity contribution in [3.63, 3.8) is 0 Å². The van der Waals surface area contributed by atoms with Crippen LogP contribution in [0.15, 0.2) is 29.8 Å². The van der Waals surface area contributed by atoms with Gasteiger partial charge in [-0.3, -0.25) is 9.59 Å². The van der Waals surface area contributed by atoms with Gasteiger partial charge in [0.05, 0.1) is 11.5 Å². The first kappa shape index (κ1) is 17.9. The lowest BCUT2D eigenvalue weighted by Crippen LogP contribution is -2.26. The lowest BCUT2D eigenvalue weighted by molar-refractivity contribution is -0.145. The number of carbonyl (C=O) groups is 3. The zero-order chi connectivity index (χ0) is 17.7. The molecule has 1 unspecified atom stereocenters. The maximum Gasteiger partial charge on any atom is 0.332 e. The highest BCUT2D eigenvalue weighted by molar-refractivity contribution is 6.00. The zero-order valence-corrected chi connectivity index (χ0v) is 13.7. The number of carbonyl (C=O) groups excluding carboxylic acids is 1. The van der Waals surface area contributed by atoms with Crippen molar-refractivity contribution < 1.29 is 24.6 Å². The van der Waals surface area contributed by atoms with Crippen LogP contribution in [0.1, 0.15) is 43.2 Å². The first-order valence-electron chi connectivity index (χ1n) is 8.15. The summed E-state index contributed by atoms with van der Waals surface area (Å²) in [5.41, 5.74) is 1.38. The second-order valence-electron chi connectivity index (χ2n) is 6.36. The molecule has 0 bridgehead atoms. The average Bonchev–Trinajstić information content (AvgIpc) is 3.06. The first-order chi connectivity index (χ1) is 11.4. The molecule has 0 spiro atoms. The van der Waals surface area contributed by atoms with Gasteiger partial charge in [-0.15, -0.1) is 0 Å².